The van der Waals surface area contributed by atoms with Crippen molar-refractivity contribution < 1.29 is 13.9 Å². The summed E-state index contributed by atoms with van der Waals surface area (Å²) in [5, 5.41) is 9.82. The van der Waals surface area contributed by atoms with E-state index >= 15 is 0 Å². The van der Waals surface area contributed by atoms with Crippen LogP contribution in [0.4, 0.5) is 4.39 Å². The van der Waals surface area contributed by atoms with Crippen molar-refractivity contribution in [1.29, 1.82) is 0 Å². The summed E-state index contributed by atoms with van der Waals surface area (Å²) in [7, 11) is 0. The molecule has 0 spiro atoms. The average Bonchev–Trinajstić information content (AvgIpc) is 2.29. The Bertz CT molecular complexity index is 431. The van der Waals surface area contributed by atoms with Crippen LogP contribution in [0.2, 0.25) is 0 Å². The van der Waals surface area contributed by atoms with Crippen molar-refractivity contribution in [1.82, 2.24) is 0 Å². The van der Waals surface area contributed by atoms with Crippen molar-refractivity contribution in [2.75, 3.05) is 0 Å². The van der Waals surface area contributed by atoms with Gasteiger partial charge >= 0.3 is 0 Å². The van der Waals surface area contributed by atoms with Crippen molar-refractivity contribution in [3.63, 3.8) is 0 Å². The molecule has 0 radical (unpaired) electrons. The van der Waals surface area contributed by atoms with Gasteiger partial charge in [-0.05, 0) is 19.1 Å². The number of fused-ring (bicyclic) bond motifs is 1. The predicted octanol–water partition coefficient (Wildman–Crippen LogP) is 2.59. The minimum Gasteiger partial charge on any atom is -0.504 e. The molecule has 0 amide bonds. The van der Waals surface area contributed by atoms with Gasteiger partial charge in [0.1, 0.15) is 11.6 Å². The van der Waals surface area contributed by atoms with E-state index in [0.29, 0.717) is 16.7 Å². The van der Waals surface area contributed by atoms with Crippen molar-refractivity contribution >= 4 is 11.0 Å². The van der Waals surface area contributed by atoms with Gasteiger partial charge in [0.25, 0.3) is 0 Å². The van der Waals surface area contributed by atoms with Gasteiger partial charge < -0.3 is 9.52 Å². The Morgan fingerprint density at radius 2 is 2.08 bits per heavy atom. The molecule has 0 saturated heterocycles. The maximum Gasteiger partial charge on any atom is 0.176 e. The van der Waals surface area contributed by atoms with E-state index in [4.69, 9.17) is 4.42 Å². The topological polar surface area (TPSA) is 33.4 Å². The third-order valence-corrected chi connectivity index (χ3v) is 1.68. The first kappa shape index (κ1) is 7.16. The first-order chi connectivity index (χ1) is 5.66. The van der Waals surface area contributed by atoms with Gasteiger partial charge in [0.2, 0.25) is 0 Å². The van der Waals surface area contributed by atoms with Crippen LogP contribution in [-0.4, -0.2) is 5.11 Å². The number of benzene rings is 1. The van der Waals surface area contributed by atoms with Crippen LogP contribution >= 0.6 is 0 Å². The summed E-state index contributed by atoms with van der Waals surface area (Å²) >= 11 is 0. The summed E-state index contributed by atoms with van der Waals surface area (Å²) in [5.74, 6) is 0.0461. The van der Waals surface area contributed by atoms with E-state index in [1.165, 1.54) is 6.07 Å². The van der Waals surface area contributed by atoms with Gasteiger partial charge in [-0.1, -0.05) is 0 Å². The molecule has 0 aliphatic rings. The molecule has 0 atom stereocenters. The predicted molar refractivity (Wildman–Crippen MR) is 42.6 cm³/mol. The molecule has 1 aromatic carbocycles. The van der Waals surface area contributed by atoms with E-state index in [1.807, 2.05) is 0 Å². The highest BCUT2D eigenvalue weighted by Crippen LogP contribution is 2.28. The first-order valence-electron chi connectivity index (χ1n) is 3.55. The maximum absolute atomic E-state index is 12.7. The monoisotopic (exact) mass is 166 g/mol. The molecule has 2 aromatic rings. The van der Waals surface area contributed by atoms with E-state index in [2.05, 4.69) is 0 Å². The number of hydrogen-bond acceptors (Lipinski definition) is 2. The number of aryl methyl sites for hydroxylation is 1. The molecule has 1 N–H and O–H groups in total. The Kier molecular flexibility index (Phi) is 1.33. The highest BCUT2D eigenvalue weighted by molar-refractivity contribution is 5.83. The zero-order valence-corrected chi connectivity index (χ0v) is 6.47. The summed E-state index contributed by atoms with van der Waals surface area (Å²) in [6.07, 6.45) is 0. The number of aromatic hydroxyl groups is 1. The molecule has 12 heavy (non-hydrogen) atoms. The van der Waals surface area contributed by atoms with E-state index < -0.39 is 5.82 Å². The maximum atomic E-state index is 12.7. The van der Waals surface area contributed by atoms with Crippen molar-refractivity contribution in [3.8, 4) is 5.75 Å². The zero-order chi connectivity index (χ0) is 8.72. The Hall–Kier alpha value is -1.51. The van der Waals surface area contributed by atoms with E-state index in [0.717, 1.165) is 6.07 Å². The number of furan rings is 1. The summed E-state index contributed by atoms with van der Waals surface area (Å²) < 4.78 is 17.8. The number of phenolic OH excluding ortho intramolecular Hbond substituents is 1. The number of halogens is 1. The minimum absolute atomic E-state index is 0.155. The lowest BCUT2D eigenvalue weighted by Crippen LogP contribution is -1.72. The molecule has 2 rings (SSSR count). The van der Waals surface area contributed by atoms with Crippen molar-refractivity contribution in [2.45, 2.75) is 6.92 Å². The fraction of sp³-hybridized carbons (Fsp3) is 0.111. The third kappa shape index (κ3) is 0.942. The van der Waals surface area contributed by atoms with Gasteiger partial charge in [0.15, 0.2) is 11.3 Å². The Morgan fingerprint density at radius 1 is 1.33 bits per heavy atom. The van der Waals surface area contributed by atoms with Crippen LogP contribution in [-0.2, 0) is 0 Å². The van der Waals surface area contributed by atoms with Crippen LogP contribution in [0, 0.1) is 12.7 Å². The van der Waals surface area contributed by atoms with E-state index in [1.54, 1.807) is 13.0 Å². The lowest BCUT2D eigenvalue weighted by molar-refractivity contribution is 0.456. The molecule has 0 fully saturated rings. The molecule has 0 aliphatic carbocycles. The second kappa shape index (κ2) is 2.24. The fourth-order valence-electron chi connectivity index (χ4n) is 1.23. The number of phenols is 1. The fourth-order valence-corrected chi connectivity index (χ4v) is 1.23. The van der Waals surface area contributed by atoms with E-state index in [9.17, 15) is 9.50 Å². The first-order valence-corrected chi connectivity index (χ1v) is 3.55. The molecule has 62 valence electrons. The molecule has 0 bridgehead atoms. The van der Waals surface area contributed by atoms with Crippen LogP contribution in [0.1, 0.15) is 5.76 Å². The van der Waals surface area contributed by atoms with Gasteiger partial charge in [0, 0.05) is 11.5 Å². The van der Waals surface area contributed by atoms with Gasteiger partial charge in [0.05, 0.1) is 0 Å². The van der Waals surface area contributed by atoms with Gasteiger partial charge in [-0.15, -0.1) is 0 Å². The largest absolute Gasteiger partial charge is 0.504 e. The van der Waals surface area contributed by atoms with Gasteiger partial charge in [-0.2, -0.15) is 0 Å². The summed E-state index contributed by atoms with van der Waals surface area (Å²) in [6, 6.07) is 4.04. The average molecular weight is 166 g/mol. The Morgan fingerprint density at radius 3 is 2.83 bits per heavy atom. The smallest absolute Gasteiger partial charge is 0.176 e. The third-order valence-electron chi connectivity index (χ3n) is 1.68. The quantitative estimate of drug-likeness (QED) is 0.652. The van der Waals surface area contributed by atoms with Crippen LogP contribution < -0.4 is 0 Å². The van der Waals surface area contributed by atoms with Crippen LogP contribution in [0.25, 0.3) is 11.0 Å². The Balaban J connectivity index is 2.88. The lowest BCUT2D eigenvalue weighted by atomic mass is 10.2. The van der Waals surface area contributed by atoms with Gasteiger partial charge in [-0.25, -0.2) is 4.39 Å². The Labute approximate surface area is 68.2 Å². The molecular weight excluding hydrogens is 159 g/mol. The molecule has 1 heterocycles. The number of hydrogen-bond donors (Lipinski definition) is 1. The molecule has 0 aliphatic heterocycles. The molecule has 1 aromatic heterocycles. The molecular formula is C9H7FO2. The summed E-state index contributed by atoms with van der Waals surface area (Å²) in [4.78, 5) is 0. The summed E-state index contributed by atoms with van der Waals surface area (Å²) in [5.41, 5.74) is 0.342. The second-order valence-corrected chi connectivity index (χ2v) is 2.70. The van der Waals surface area contributed by atoms with E-state index in [-0.39, 0.29) is 5.75 Å². The highest BCUT2D eigenvalue weighted by atomic mass is 19.1. The molecule has 0 saturated carbocycles. The highest BCUT2D eigenvalue weighted by Gasteiger charge is 2.06. The minimum atomic E-state index is -0.458. The summed E-state index contributed by atoms with van der Waals surface area (Å²) in [6.45, 7) is 1.75. The lowest BCUT2D eigenvalue weighted by Gasteiger charge is -1.92. The van der Waals surface area contributed by atoms with Gasteiger partial charge in [-0.3, -0.25) is 0 Å². The van der Waals surface area contributed by atoms with Crippen LogP contribution in [0.5, 0.6) is 5.75 Å². The SMILES string of the molecule is Cc1cc2cc(F)cc(O)c2o1. The second-order valence-electron chi connectivity index (χ2n) is 2.70. The number of rotatable bonds is 0. The normalized spacial score (nSPS) is 10.8. The van der Waals surface area contributed by atoms with Crippen LogP contribution in [0.3, 0.4) is 0 Å². The van der Waals surface area contributed by atoms with Crippen LogP contribution in [0.15, 0.2) is 22.6 Å². The standard InChI is InChI=1S/C9H7FO2/c1-5-2-6-3-7(10)4-8(11)9(6)12-5/h2-4,11H,1H3. The van der Waals surface area contributed by atoms with Crippen molar-refractivity contribution in [3.05, 3.63) is 29.8 Å². The zero-order valence-electron chi connectivity index (χ0n) is 6.47. The molecule has 0 unspecified atom stereocenters. The molecule has 2 nitrogen and oxygen atoms in total. The molecule has 3 heteroatoms. The van der Waals surface area contributed by atoms with Crippen molar-refractivity contribution in [2.24, 2.45) is 0 Å².